The molecule has 0 spiro atoms. The molecule has 0 aromatic heterocycles. The van der Waals surface area contributed by atoms with Crippen LogP contribution in [0, 0.1) is 17.8 Å². The standard InChI is InChI=1S/C30H47NO10/c1-10-19(6)13-27(32)37-20(7)16-36-28(33)24(31)14-23-11-12-25(40-29(34)38-21(8)17(2)3)26(15-23)41-30(35)39-22(9)18(4)5/h11-12,15,17-22,24H,10,13-14,16,31H2,1-9H3/t19?,20-,21?,22?,24-/m0/s1. The second-order valence-electron chi connectivity index (χ2n) is 11.1. The molecule has 11 nitrogen and oxygen atoms in total. The van der Waals surface area contributed by atoms with Crippen LogP contribution in [0.25, 0.3) is 0 Å². The van der Waals surface area contributed by atoms with E-state index in [-0.39, 0.29) is 54.7 Å². The van der Waals surface area contributed by atoms with Gasteiger partial charge < -0.3 is 34.2 Å². The lowest BCUT2D eigenvalue weighted by molar-refractivity contribution is -0.159. The Hall–Kier alpha value is -3.34. The van der Waals surface area contributed by atoms with Gasteiger partial charge in [0.05, 0.1) is 0 Å². The van der Waals surface area contributed by atoms with E-state index >= 15 is 0 Å². The Labute approximate surface area is 243 Å². The van der Waals surface area contributed by atoms with Crippen LogP contribution in [0.4, 0.5) is 9.59 Å². The summed E-state index contributed by atoms with van der Waals surface area (Å²) in [6.07, 6.45) is -2.25. The van der Waals surface area contributed by atoms with Gasteiger partial charge in [-0.05, 0) is 62.6 Å². The highest BCUT2D eigenvalue weighted by molar-refractivity contribution is 5.76. The van der Waals surface area contributed by atoms with Crippen LogP contribution in [0.3, 0.4) is 0 Å². The zero-order chi connectivity index (χ0) is 31.3. The van der Waals surface area contributed by atoms with Gasteiger partial charge in [0.1, 0.15) is 31.0 Å². The number of hydrogen-bond donors (Lipinski definition) is 1. The topological polar surface area (TPSA) is 150 Å². The van der Waals surface area contributed by atoms with Crippen LogP contribution in [0.2, 0.25) is 0 Å². The van der Waals surface area contributed by atoms with Crippen LogP contribution in [0.5, 0.6) is 11.5 Å². The molecule has 0 radical (unpaired) electrons. The molecule has 232 valence electrons. The summed E-state index contributed by atoms with van der Waals surface area (Å²) in [4.78, 5) is 49.2. The molecule has 41 heavy (non-hydrogen) atoms. The summed E-state index contributed by atoms with van der Waals surface area (Å²) in [6, 6.07) is 3.32. The number of ether oxygens (including phenoxy) is 6. The van der Waals surface area contributed by atoms with Gasteiger partial charge in [0.15, 0.2) is 11.5 Å². The highest BCUT2D eigenvalue weighted by Gasteiger charge is 2.23. The Morgan fingerprint density at radius 3 is 1.83 bits per heavy atom. The molecule has 2 N–H and O–H groups in total. The maximum Gasteiger partial charge on any atom is 0.514 e. The number of carbonyl (C=O) groups excluding carboxylic acids is 4. The van der Waals surface area contributed by atoms with Crippen molar-refractivity contribution >= 4 is 24.2 Å². The molecule has 0 amide bonds. The van der Waals surface area contributed by atoms with Crippen molar-refractivity contribution in [3.05, 3.63) is 23.8 Å². The van der Waals surface area contributed by atoms with Crippen molar-refractivity contribution in [1.29, 1.82) is 0 Å². The third-order valence-electron chi connectivity index (χ3n) is 6.60. The van der Waals surface area contributed by atoms with Crippen molar-refractivity contribution in [3.8, 4) is 11.5 Å². The van der Waals surface area contributed by atoms with Crippen LogP contribution in [0.15, 0.2) is 18.2 Å². The van der Waals surface area contributed by atoms with Crippen molar-refractivity contribution < 1.29 is 47.6 Å². The molecule has 1 aromatic carbocycles. The number of benzene rings is 1. The zero-order valence-corrected chi connectivity index (χ0v) is 25.8. The normalized spacial score (nSPS) is 14.8. The number of nitrogens with two attached hydrogens (primary N) is 1. The summed E-state index contributed by atoms with van der Waals surface area (Å²) >= 11 is 0. The van der Waals surface area contributed by atoms with Gasteiger partial charge in [-0.15, -0.1) is 0 Å². The molecule has 0 saturated heterocycles. The quantitative estimate of drug-likeness (QED) is 0.157. The summed E-state index contributed by atoms with van der Waals surface area (Å²) in [5, 5.41) is 0. The fourth-order valence-corrected chi connectivity index (χ4v) is 3.03. The van der Waals surface area contributed by atoms with E-state index in [1.54, 1.807) is 26.8 Å². The minimum Gasteiger partial charge on any atom is -0.461 e. The van der Waals surface area contributed by atoms with Crippen molar-refractivity contribution in [3.63, 3.8) is 0 Å². The first-order chi connectivity index (χ1) is 19.1. The first kappa shape index (κ1) is 35.7. The summed E-state index contributed by atoms with van der Waals surface area (Å²) in [5.74, 6) is -0.930. The van der Waals surface area contributed by atoms with E-state index in [4.69, 9.17) is 34.2 Å². The molecule has 0 aliphatic heterocycles. The molecule has 3 unspecified atom stereocenters. The Balaban J connectivity index is 2.92. The third kappa shape index (κ3) is 13.7. The summed E-state index contributed by atoms with van der Waals surface area (Å²) in [5.41, 5.74) is 6.55. The van der Waals surface area contributed by atoms with Gasteiger partial charge in [-0.2, -0.15) is 0 Å². The molecule has 0 aliphatic carbocycles. The molecule has 1 rings (SSSR count). The fraction of sp³-hybridized carbons (Fsp3) is 0.667. The Morgan fingerprint density at radius 1 is 0.780 bits per heavy atom. The van der Waals surface area contributed by atoms with Crippen molar-refractivity contribution in [2.75, 3.05) is 6.61 Å². The van der Waals surface area contributed by atoms with E-state index in [0.717, 1.165) is 6.42 Å². The Bertz CT molecular complexity index is 1010. The molecule has 11 heteroatoms. The van der Waals surface area contributed by atoms with E-state index in [0.29, 0.717) is 5.56 Å². The van der Waals surface area contributed by atoms with Crippen LogP contribution in [-0.4, -0.2) is 55.2 Å². The molecular formula is C30H47NO10. The van der Waals surface area contributed by atoms with Crippen LogP contribution < -0.4 is 15.2 Å². The monoisotopic (exact) mass is 581 g/mol. The second kappa shape index (κ2) is 17.5. The van der Waals surface area contributed by atoms with Crippen molar-refractivity contribution in [1.82, 2.24) is 0 Å². The third-order valence-corrected chi connectivity index (χ3v) is 6.60. The van der Waals surface area contributed by atoms with E-state index in [2.05, 4.69) is 0 Å². The number of rotatable bonds is 15. The highest BCUT2D eigenvalue weighted by Crippen LogP contribution is 2.30. The SMILES string of the molecule is CCC(C)CC(=O)O[C@@H](C)COC(=O)[C@@H](N)Cc1ccc(OC(=O)OC(C)C(C)C)c(OC(=O)OC(C)C(C)C)c1. The second-order valence-corrected chi connectivity index (χ2v) is 11.1. The molecule has 5 atom stereocenters. The molecule has 0 fully saturated rings. The van der Waals surface area contributed by atoms with E-state index < -0.39 is 42.6 Å². The summed E-state index contributed by atoms with van der Waals surface area (Å²) in [6.45, 7) is 16.4. The molecular weight excluding hydrogens is 534 g/mol. The van der Waals surface area contributed by atoms with Crippen LogP contribution >= 0.6 is 0 Å². The van der Waals surface area contributed by atoms with Crippen LogP contribution in [-0.2, 0) is 35.0 Å². The molecule has 0 heterocycles. The fourth-order valence-electron chi connectivity index (χ4n) is 3.03. The lowest BCUT2D eigenvalue weighted by Gasteiger charge is -2.19. The smallest absolute Gasteiger partial charge is 0.461 e. The van der Waals surface area contributed by atoms with Gasteiger partial charge in [0.25, 0.3) is 0 Å². The van der Waals surface area contributed by atoms with Gasteiger partial charge in [-0.25, -0.2) is 9.59 Å². The van der Waals surface area contributed by atoms with Gasteiger partial charge in [0, 0.05) is 6.42 Å². The average Bonchev–Trinajstić information content (AvgIpc) is 2.88. The lowest BCUT2D eigenvalue weighted by atomic mass is 10.1. The zero-order valence-electron chi connectivity index (χ0n) is 25.8. The Morgan fingerprint density at radius 2 is 1.32 bits per heavy atom. The van der Waals surface area contributed by atoms with E-state index in [1.165, 1.54) is 12.1 Å². The van der Waals surface area contributed by atoms with Gasteiger partial charge in [-0.3, -0.25) is 9.59 Å². The highest BCUT2D eigenvalue weighted by atomic mass is 16.8. The van der Waals surface area contributed by atoms with E-state index in [1.807, 2.05) is 41.5 Å². The van der Waals surface area contributed by atoms with Gasteiger partial charge in [-0.1, -0.05) is 54.0 Å². The molecule has 1 aromatic rings. The van der Waals surface area contributed by atoms with Crippen LogP contribution in [0.1, 0.15) is 80.7 Å². The predicted molar refractivity (Wildman–Crippen MR) is 152 cm³/mol. The van der Waals surface area contributed by atoms with Crippen molar-refractivity contribution in [2.45, 2.75) is 106 Å². The first-order valence-corrected chi connectivity index (χ1v) is 14.1. The van der Waals surface area contributed by atoms with Gasteiger partial charge in [0.2, 0.25) is 0 Å². The predicted octanol–water partition coefficient (Wildman–Crippen LogP) is 5.59. The number of hydrogen-bond acceptors (Lipinski definition) is 11. The minimum absolute atomic E-state index is 0.0178. The van der Waals surface area contributed by atoms with E-state index in [9.17, 15) is 19.2 Å². The lowest BCUT2D eigenvalue weighted by Crippen LogP contribution is -2.36. The minimum atomic E-state index is -1.07. The largest absolute Gasteiger partial charge is 0.514 e. The Kier molecular flexibility index (Phi) is 15.2. The number of carbonyl (C=O) groups is 4. The van der Waals surface area contributed by atoms with Crippen molar-refractivity contribution in [2.24, 2.45) is 23.5 Å². The first-order valence-electron chi connectivity index (χ1n) is 14.1. The average molecular weight is 582 g/mol. The molecule has 0 bridgehead atoms. The summed E-state index contributed by atoms with van der Waals surface area (Å²) in [7, 11) is 0. The maximum atomic E-state index is 12.5. The maximum absolute atomic E-state index is 12.5. The summed E-state index contributed by atoms with van der Waals surface area (Å²) < 4.78 is 31.7. The van der Waals surface area contributed by atoms with Gasteiger partial charge >= 0.3 is 24.2 Å². The molecule has 0 aliphatic rings. The molecule has 0 saturated carbocycles. The number of esters is 2.